The van der Waals surface area contributed by atoms with Crippen molar-refractivity contribution in [2.75, 3.05) is 59.6 Å². The number of furan rings is 1. The zero-order valence-electron chi connectivity index (χ0n) is 17.9. The van der Waals surface area contributed by atoms with E-state index in [9.17, 15) is 0 Å². The Kier molecular flexibility index (Phi) is 9.56. The molecule has 164 valence electrons. The number of nitrogens with zero attached hydrogens (tertiary/aromatic N) is 2. The number of rotatable bonds is 11. The number of hydrogen-bond donors (Lipinski definition) is 2. The highest BCUT2D eigenvalue weighted by Gasteiger charge is 2.09. The maximum atomic E-state index is 5.41. The van der Waals surface area contributed by atoms with E-state index in [0.717, 1.165) is 89.2 Å². The van der Waals surface area contributed by atoms with Gasteiger partial charge in [0.1, 0.15) is 11.5 Å². The van der Waals surface area contributed by atoms with Gasteiger partial charge in [0.05, 0.1) is 26.6 Å². The third kappa shape index (κ3) is 8.08. The first-order valence-electron chi connectivity index (χ1n) is 10.8. The molecule has 1 aliphatic rings. The van der Waals surface area contributed by atoms with Crippen molar-refractivity contribution >= 4 is 5.96 Å². The Morgan fingerprint density at radius 2 is 1.83 bits per heavy atom. The van der Waals surface area contributed by atoms with Gasteiger partial charge in [0.25, 0.3) is 0 Å². The van der Waals surface area contributed by atoms with Crippen LogP contribution >= 0.6 is 0 Å². The molecule has 0 unspecified atom stereocenters. The van der Waals surface area contributed by atoms with Crippen LogP contribution in [0.4, 0.5) is 0 Å². The zero-order chi connectivity index (χ0) is 20.9. The second-order valence-electron chi connectivity index (χ2n) is 7.32. The van der Waals surface area contributed by atoms with Crippen molar-refractivity contribution in [1.82, 2.24) is 15.5 Å². The molecule has 1 aromatic carbocycles. The van der Waals surface area contributed by atoms with Crippen LogP contribution < -0.4 is 15.4 Å². The van der Waals surface area contributed by atoms with Gasteiger partial charge >= 0.3 is 0 Å². The predicted octanol–water partition coefficient (Wildman–Crippen LogP) is 2.33. The molecule has 0 bridgehead atoms. The SMILES string of the molecule is COc1ccc(CCNC(=NCCCN2CCOCC2)NCCc2ccco2)cc1. The van der Waals surface area contributed by atoms with Gasteiger partial charge < -0.3 is 24.5 Å². The topological polar surface area (TPSA) is 71.3 Å². The van der Waals surface area contributed by atoms with E-state index < -0.39 is 0 Å². The molecule has 30 heavy (non-hydrogen) atoms. The summed E-state index contributed by atoms with van der Waals surface area (Å²) in [4.78, 5) is 7.22. The number of hydrogen-bond acceptors (Lipinski definition) is 5. The average molecular weight is 415 g/mol. The molecule has 0 spiro atoms. The fraction of sp³-hybridized carbons (Fsp3) is 0.522. The molecule has 7 nitrogen and oxygen atoms in total. The summed E-state index contributed by atoms with van der Waals surface area (Å²) in [5.41, 5.74) is 1.27. The minimum atomic E-state index is 0.783. The number of aliphatic imine (C=N–C) groups is 1. The molecule has 1 fully saturated rings. The van der Waals surface area contributed by atoms with Gasteiger partial charge in [-0.1, -0.05) is 12.1 Å². The molecular weight excluding hydrogens is 380 g/mol. The number of methoxy groups -OCH3 is 1. The summed E-state index contributed by atoms with van der Waals surface area (Å²) in [5, 5.41) is 6.89. The second-order valence-corrected chi connectivity index (χ2v) is 7.32. The van der Waals surface area contributed by atoms with Crippen LogP contribution in [0.3, 0.4) is 0 Å². The largest absolute Gasteiger partial charge is 0.497 e. The number of benzene rings is 1. The molecule has 0 saturated carbocycles. The molecule has 1 saturated heterocycles. The molecular formula is C23H34N4O3. The number of nitrogens with one attached hydrogen (secondary N) is 2. The van der Waals surface area contributed by atoms with Gasteiger partial charge in [0.15, 0.2) is 5.96 Å². The van der Waals surface area contributed by atoms with E-state index in [1.54, 1.807) is 13.4 Å². The van der Waals surface area contributed by atoms with Gasteiger partial charge in [-0.3, -0.25) is 9.89 Å². The van der Waals surface area contributed by atoms with E-state index >= 15 is 0 Å². The molecule has 0 aliphatic carbocycles. The van der Waals surface area contributed by atoms with Gasteiger partial charge in [-0.2, -0.15) is 0 Å². The first-order chi connectivity index (χ1) is 14.8. The maximum Gasteiger partial charge on any atom is 0.191 e. The Morgan fingerprint density at radius 1 is 1.07 bits per heavy atom. The predicted molar refractivity (Wildman–Crippen MR) is 119 cm³/mol. The monoisotopic (exact) mass is 414 g/mol. The molecule has 0 radical (unpaired) electrons. The summed E-state index contributed by atoms with van der Waals surface area (Å²) >= 11 is 0. The molecule has 0 amide bonds. The summed E-state index contributed by atoms with van der Waals surface area (Å²) < 4.78 is 16.0. The first-order valence-corrected chi connectivity index (χ1v) is 10.8. The van der Waals surface area contributed by atoms with Gasteiger partial charge in [0, 0.05) is 45.7 Å². The van der Waals surface area contributed by atoms with Crippen molar-refractivity contribution in [1.29, 1.82) is 0 Å². The van der Waals surface area contributed by atoms with Crippen LogP contribution in [0.2, 0.25) is 0 Å². The molecule has 1 aliphatic heterocycles. The maximum absolute atomic E-state index is 5.41. The fourth-order valence-electron chi connectivity index (χ4n) is 3.36. The fourth-order valence-corrected chi connectivity index (χ4v) is 3.36. The minimum absolute atomic E-state index is 0.783. The quantitative estimate of drug-likeness (QED) is 0.334. The van der Waals surface area contributed by atoms with Crippen molar-refractivity contribution in [3.05, 3.63) is 54.0 Å². The first kappa shape index (κ1) is 22.2. The van der Waals surface area contributed by atoms with Crippen molar-refractivity contribution < 1.29 is 13.9 Å². The summed E-state index contributed by atoms with van der Waals surface area (Å²) in [7, 11) is 1.69. The standard InChI is InChI=1S/C23H34N4O3/c1-28-21-7-5-20(6-8-21)9-12-25-23(26-13-10-22-4-2-17-30-22)24-11-3-14-27-15-18-29-19-16-27/h2,4-8,17H,3,9-16,18-19H2,1H3,(H2,24,25,26). The highest BCUT2D eigenvalue weighted by atomic mass is 16.5. The van der Waals surface area contributed by atoms with E-state index in [-0.39, 0.29) is 0 Å². The average Bonchev–Trinajstić information content (AvgIpc) is 3.31. The lowest BCUT2D eigenvalue weighted by molar-refractivity contribution is 0.0377. The molecule has 1 aromatic heterocycles. The van der Waals surface area contributed by atoms with Crippen molar-refractivity contribution in [2.24, 2.45) is 4.99 Å². The Labute approximate surface area is 179 Å². The van der Waals surface area contributed by atoms with Gasteiger partial charge in [-0.05, 0) is 42.7 Å². The normalized spacial score (nSPS) is 15.2. The molecule has 2 heterocycles. The molecule has 2 aromatic rings. The molecule has 7 heteroatoms. The Bertz CT molecular complexity index is 725. The van der Waals surface area contributed by atoms with Crippen molar-refractivity contribution in [3.8, 4) is 5.75 Å². The number of ether oxygens (including phenoxy) is 2. The van der Waals surface area contributed by atoms with Gasteiger partial charge in [0.2, 0.25) is 0 Å². The Balaban J connectivity index is 1.43. The van der Waals surface area contributed by atoms with E-state index in [1.165, 1.54) is 5.56 Å². The van der Waals surface area contributed by atoms with Crippen LogP contribution in [-0.4, -0.2) is 70.5 Å². The minimum Gasteiger partial charge on any atom is -0.497 e. The van der Waals surface area contributed by atoms with Crippen LogP contribution in [0.15, 0.2) is 52.1 Å². The lowest BCUT2D eigenvalue weighted by atomic mass is 10.1. The van der Waals surface area contributed by atoms with Crippen molar-refractivity contribution in [2.45, 2.75) is 19.3 Å². The lowest BCUT2D eigenvalue weighted by Crippen LogP contribution is -2.40. The van der Waals surface area contributed by atoms with E-state index in [0.29, 0.717) is 0 Å². The summed E-state index contributed by atoms with van der Waals surface area (Å²) in [5.74, 6) is 2.72. The van der Waals surface area contributed by atoms with E-state index in [2.05, 4.69) is 27.7 Å². The Morgan fingerprint density at radius 3 is 2.53 bits per heavy atom. The lowest BCUT2D eigenvalue weighted by Gasteiger charge is -2.26. The third-order valence-corrected chi connectivity index (χ3v) is 5.12. The third-order valence-electron chi connectivity index (χ3n) is 5.12. The summed E-state index contributed by atoms with van der Waals surface area (Å²) in [6.45, 7) is 7.21. The summed E-state index contributed by atoms with van der Waals surface area (Å²) in [6.07, 6.45) is 4.52. The zero-order valence-corrected chi connectivity index (χ0v) is 17.9. The van der Waals surface area contributed by atoms with Crippen LogP contribution in [0, 0.1) is 0 Å². The highest BCUT2D eigenvalue weighted by molar-refractivity contribution is 5.79. The van der Waals surface area contributed by atoms with Crippen LogP contribution in [0.1, 0.15) is 17.7 Å². The van der Waals surface area contributed by atoms with Crippen LogP contribution in [0.5, 0.6) is 5.75 Å². The Hall–Kier alpha value is -2.51. The molecule has 0 atom stereocenters. The van der Waals surface area contributed by atoms with E-state index in [1.807, 2.05) is 24.3 Å². The van der Waals surface area contributed by atoms with Crippen LogP contribution in [0.25, 0.3) is 0 Å². The van der Waals surface area contributed by atoms with Gasteiger partial charge in [-0.15, -0.1) is 0 Å². The number of guanidine groups is 1. The van der Waals surface area contributed by atoms with Crippen LogP contribution in [-0.2, 0) is 17.6 Å². The smallest absolute Gasteiger partial charge is 0.191 e. The van der Waals surface area contributed by atoms with Crippen molar-refractivity contribution in [3.63, 3.8) is 0 Å². The summed E-state index contributed by atoms with van der Waals surface area (Å²) in [6, 6.07) is 12.1. The highest BCUT2D eigenvalue weighted by Crippen LogP contribution is 2.11. The second kappa shape index (κ2) is 12.9. The van der Waals surface area contributed by atoms with E-state index in [4.69, 9.17) is 18.9 Å². The van der Waals surface area contributed by atoms with Gasteiger partial charge in [-0.25, -0.2) is 0 Å². The molecule has 3 rings (SSSR count). The molecule has 2 N–H and O–H groups in total. The number of morpholine rings is 1.